The van der Waals surface area contributed by atoms with Crippen LogP contribution in [0.4, 0.5) is 4.79 Å². The summed E-state index contributed by atoms with van der Waals surface area (Å²) in [4.78, 5) is 40.0. The normalized spacial score (nSPS) is 23.4. The molecule has 2 fully saturated rings. The lowest BCUT2D eigenvalue weighted by Gasteiger charge is -2.28. The number of nitrogens with zero attached hydrogens (tertiary/aromatic N) is 3. The number of hydrogen-bond acceptors (Lipinski definition) is 5. The Hall–Kier alpha value is -2.92. The number of nitriles is 1. The van der Waals surface area contributed by atoms with Crippen molar-refractivity contribution in [2.24, 2.45) is 0 Å². The van der Waals surface area contributed by atoms with Crippen molar-refractivity contribution in [2.75, 3.05) is 32.8 Å². The van der Waals surface area contributed by atoms with Gasteiger partial charge in [0.05, 0.1) is 24.8 Å². The number of nitrogens with one attached hydrogen (secondary N) is 1. The van der Waals surface area contributed by atoms with Gasteiger partial charge in [-0.1, -0.05) is 12.1 Å². The number of carbonyl (C=O) groups is 3. The Morgan fingerprint density at radius 3 is 2.76 bits per heavy atom. The number of imide groups is 1. The monoisotopic (exact) mass is 342 g/mol. The summed E-state index contributed by atoms with van der Waals surface area (Å²) in [6.45, 7) is 3.06. The molecule has 0 aliphatic carbocycles. The van der Waals surface area contributed by atoms with Gasteiger partial charge in [-0.25, -0.2) is 4.79 Å². The van der Waals surface area contributed by atoms with Gasteiger partial charge in [0.15, 0.2) is 0 Å². The van der Waals surface area contributed by atoms with Gasteiger partial charge in [-0.3, -0.25) is 14.5 Å². The van der Waals surface area contributed by atoms with Gasteiger partial charge < -0.3 is 15.0 Å². The van der Waals surface area contributed by atoms with Crippen LogP contribution >= 0.6 is 0 Å². The highest BCUT2D eigenvalue weighted by molar-refractivity contribution is 6.09. The summed E-state index contributed by atoms with van der Waals surface area (Å²) < 4.78 is 5.19. The van der Waals surface area contributed by atoms with E-state index in [9.17, 15) is 14.4 Å². The minimum absolute atomic E-state index is 0.290. The summed E-state index contributed by atoms with van der Waals surface area (Å²) >= 11 is 0. The molecule has 0 saturated carbocycles. The predicted octanol–water partition coefficient (Wildman–Crippen LogP) is 0.184. The van der Waals surface area contributed by atoms with E-state index in [1.165, 1.54) is 0 Å². The van der Waals surface area contributed by atoms with Gasteiger partial charge in [0.25, 0.3) is 5.91 Å². The Labute approximate surface area is 144 Å². The quantitative estimate of drug-likeness (QED) is 0.790. The van der Waals surface area contributed by atoms with E-state index < -0.39 is 17.5 Å². The molecule has 0 radical (unpaired) electrons. The molecular weight excluding hydrogens is 324 g/mol. The molecule has 8 heteroatoms. The van der Waals surface area contributed by atoms with Crippen molar-refractivity contribution in [3.05, 3.63) is 35.4 Å². The summed E-state index contributed by atoms with van der Waals surface area (Å²) in [5.41, 5.74) is -0.398. The molecule has 3 rings (SSSR count). The van der Waals surface area contributed by atoms with Crippen LogP contribution in [0.2, 0.25) is 0 Å². The molecule has 1 aromatic rings. The van der Waals surface area contributed by atoms with Crippen molar-refractivity contribution >= 4 is 17.8 Å². The van der Waals surface area contributed by atoms with Gasteiger partial charge in [0.2, 0.25) is 5.91 Å². The van der Waals surface area contributed by atoms with E-state index in [1.54, 1.807) is 36.1 Å². The first kappa shape index (κ1) is 16.9. The fraction of sp³-hybridized carbons (Fsp3) is 0.412. The largest absolute Gasteiger partial charge is 0.378 e. The van der Waals surface area contributed by atoms with Crippen molar-refractivity contribution in [3.63, 3.8) is 0 Å². The fourth-order valence-corrected chi connectivity index (χ4v) is 2.98. The number of carbonyl (C=O) groups excluding carboxylic acids is 3. The molecule has 1 N–H and O–H groups in total. The SMILES string of the molecule is C[C@]1(c2cccc(C#N)c2)NC(=O)N(CC(=O)N2CCOCC2)C1=O. The molecule has 1 atom stereocenters. The van der Waals surface area contributed by atoms with E-state index in [1.807, 2.05) is 6.07 Å². The third-order valence-corrected chi connectivity index (χ3v) is 4.50. The number of benzene rings is 1. The number of ether oxygens (including phenoxy) is 1. The molecule has 1 aromatic carbocycles. The van der Waals surface area contributed by atoms with E-state index in [4.69, 9.17) is 10.00 Å². The molecule has 25 heavy (non-hydrogen) atoms. The molecular formula is C17H18N4O4. The van der Waals surface area contributed by atoms with Gasteiger partial charge in [0.1, 0.15) is 12.1 Å². The second-order valence-electron chi connectivity index (χ2n) is 6.13. The van der Waals surface area contributed by atoms with E-state index in [0.717, 1.165) is 4.90 Å². The highest BCUT2D eigenvalue weighted by Gasteiger charge is 2.49. The standard InChI is InChI=1S/C17H18N4O4/c1-17(13-4-2-3-12(9-13)10-18)15(23)21(16(24)19-17)11-14(22)20-5-7-25-8-6-20/h2-4,9H,5-8,11H2,1H3,(H,19,24)/t17-/m1/s1. The topological polar surface area (TPSA) is 103 Å². The predicted molar refractivity (Wildman–Crippen MR) is 86.2 cm³/mol. The maximum absolute atomic E-state index is 12.8. The number of urea groups is 1. The minimum Gasteiger partial charge on any atom is -0.378 e. The van der Waals surface area contributed by atoms with E-state index >= 15 is 0 Å². The molecule has 4 amide bonds. The van der Waals surface area contributed by atoms with Crippen LogP contribution in [0.5, 0.6) is 0 Å². The molecule has 0 unspecified atom stereocenters. The summed E-state index contributed by atoms with van der Waals surface area (Å²) in [5, 5.41) is 11.7. The molecule has 2 heterocycles. The molecule has 0 aromatic heterocycles. The first-order chi connectivity index (χ1) is 12.0. The van der Waals surface area contributed by atoms with Crippen LogP contribution in [0.25, 0.3) is 0 Å². The second-order valence-corrected chi connectivity index (χ2v) is 6.13. The number of rotatable bonds is 3. The Morgan fingerprint density at radius 1 is 1.36 bits per heavy atom. The third-order valence-electron chi connectivity index (χ3n) is 4.50. The van der Waals surface area contributed by atoms with Crippen LogP contribution in [0.1, 0.15) is 18.1 Å². The summed E-state index contributed by atoms with van der Waals surface area (Å²) in [6, 6.07) is 7.90. The van der Waals surface area contributed by atoms with Crippen molar-refractivity contribution in [2.45, 2.75) is 12.5 Å². The van der Waals surface area contributed by atoms with Gasteiger partial charge in [0, 0.05) is 13.1 Å². The Balaban J connectivity index is 1.79. The van der Waals surface area contributed by atoms with Crippen molar-refractivity contribution in [1.82, 2.24) is 15.1 Å². The number of morpholine rings is 1. The Kier molecular flexibility index (Phi) is 4.42. The molecule has 0 bridgehead atoms. The Bertz CT molecular complexity index is 766. The minimum atomic E-state index is -1.30. The summed E-state index contributed by atoms with van der Waals surface area (Å²) in [5.74, 6) is -0.795. The average Bonchev–Trinajstić information content (AvgIpc) is 2.86. The van der Waals surface area contributed by atoms with E-state index in [0.29, 0.717) is 37.4 Å². The van der Waals surface area contributed by atoms with Crippen molar-refractivity contribution in [1.29, 1.82) is 5.26 Å². The highest BCUT2D eigenvalue weighted by atomic mass is 16.5. The van der Waals surface area contributed by atoms with Crippen LogP contribution < -0.4 is 5.32 Å². The fourth-order valence-electron chi connectivity index (χ4n) is 2.98. The summed E-state index contributed by atoms with van der Waals surface area (Å²) in [7, 11) is 0. The van der Waals surface area contributed by atoms with E-state index in [2.05, 4.69) is 5.32 Å². The lowest BCUT2D eigenvalue weighted by molar-refractivity contribution is -0.141. The number of hydrogen-bond donors (Lipinski definition) is 1. The average molecular weight is 342 g/mol. The molecule has 130 valence electrons. The lowest BCUT2D eigenvalue weighted by atomic mass is 9.91. The maximum atomic E-state index is 12.8. The van der Waals surface area contributed by atoms with Crippen LogP contribution in [-0.4, -0.2) is 60.5 Å². The molecule has 2 aliphatic heterocycles. The maximum Gasteiger partial charge on any atom is 0.325 e. The van der Waals surface area contributed by atoms with Gasteiger partial charge in [-0.2, -0.15) is 5.26 Å². The van der Waals surface area contributed by atoms with Crippen molar-refractivity contribution < 1.29 is 19.1 Å². The molecule has 8 nitrogen and oxygen atoms in total. The zero-order valence-electron chi connectivity index (χ0n) is 13.8. The van der Waals surface area contributed by atoms with E-state index in [-0.39, 0.29) is 12.5 Å². The van der Waals surface area contributed by atoms with Gasteiger partial charge in [-0.05, 0) is 24.6 Å². The smallest absolute Gasteiger partial charge is 0.325 e. The van der Waals surface area contributed by atoms with Crippen molar-refractivity contribution in [3.8, 4) is 6.07 Å². The lowest BCUT2D eigenvalue weighted by Crippen LogP contribution is -2.47. The Morgan fingerprint density at radius 2 is 2.08 bits per heavy atom. The first-order valence-electron chi connectivity index (χ1n) is 7.96. The van der Waals surface area contributed by atoms with Crippen LogP contribution in [0.15, 0.2) is 24.3 Å². The molecule has 0 spiro atoms. The first-order valence-corrected chi connectivity index (χ1v) is 7.96. The van der Waals surface area contributed by atoms with Crippen LogP contribution in [0, 0.1) is 11.3 Å². The number of amides is 4. The van der Waals surface area contributed by atoms with Gasteiger partial charge >= 0.3 is 6.03 Å². The van der Waals surface area contributed by atoms with Crippen LogP contribution in [0.3, 0.4) is 0 Å². The van der Waals surface area contributed by atoms with Gasteiger partial charge in [-0.15, -0.1) is 0 Å². The zero-order valence-corrected chi connectivity index (χ0v) is 13.8. The highest BCUT2D eigenvalue weighted by Crippen LogP contribution is 2.29. The summed E-state index contributed by atoms with van der Waals surface area (Å²) in [6.07, 6.45) is 0. The second kappa shape index (κ2) is 6.53. The third kappa shape index (κ3) is 3.06. The molecule has 2 saturated heterocycles. The van der Waals surface area contributed by atoms with Crippen LogP contribution in [-0.2, 0) is 19.9 Å². The molecule has 2 aliphatic rings. The zero-order chi connectivity index (χ0) is 18.0.